The van der Waals surface area contributed by atoms with E-state index in [1.165, 1.54) is 13.1 Å². The summed E-state index contributed by atoms with van der Waals surface area (Å²) in [5.74, 6) is -0.187. The highest BCUT2D eigenvalue weighted by atomic mass is 32.2. The number of nitrogens with one attached hydrogen (secondary N) is 2. The molecule has 0 bridgehead atoms. The lowest BCUT2D eigenvalue weighted by atomic mass is 10.1. The first-order chi connectivity index (χ1) is 12.3. The Morgan fingerprint density at radius 3 is 2.58 bits per heavy atom. The maximum Gasteiger partial charge on any atom is 0.257 e. The summed E-state index contributed by atoms with van der Waals surface area (Å²) in [4.78, 5) is 27.9. The maximum atomic E-state index is 12.4. The number of hydrogen-bond acceptors (Lipinski definition) is 6. The van der Waals surface area contributed by atoms with Crippen molar-refractivity contribution in [1.29, 1.82) is 0 Å². The molecule has 1 unspecified atom stereocenters. The predicted molar refractivity (Wildman–Crippen MR) is 99.3 cm³/mol. The molecule has 3 rings (SSSR count). The van der Waals surface area contributed by atoms with Crippen LogP contribution in [0.15, 0.2) is 42.7 Å². The summed E-state index contributed by atoms with van der Waals surface area (Å²) >= 11 is 0. The van der Waals surface area contributed by atoms with Crippen molar-refractivity contribution in [3.8, 4) is 0 Å². The van der Waals surface area contributed by atoms with Gasteiger partial charge in [0.05, 0.1) is 22.8 Å². The molecule has 2 aromatic rings. The molecule has 2 heterocycles. The van der Waals surface area contributed by atoms with E-state index in [-0.39, 0.29) is 29.2 Å². The van der Waals surface area contributed by atoms with Gasteiger partial charge in [-0.3, -0.25) is 14.6 Å². The smallest absolute Gasteiger partial charge is 0.257 e. The van der Waals surface area contributed by atoms with Crippen molar-refractivity contribution in [2.75, 3.05) is 22.1 Å². The highest BCUT2D eigenvalue weighted by Crippen LogP contribution is 2.19. The number of sulfone groups is 1. The van der Waals surface area contributed by atoms with Crippen LogP contribution in [0.3, 0.4) is 0 Å². The minimum absolute atomic E-state index is 0.0829. The Morgan fingerprint density at radius 1 is 1.12 bits per heavy atom. The summed E-state index contributed by atoms with van der Waals surface area (Å²) in [6.45, 7) is 1.46. The Hall–Kier alpha value is -2.74. The van der Waals surface area contributed by atoms with Gasteiger partial charge in [-0.05, 0) is 31.5 Å². The van der Waals surface area contributed by atoms with Gasteiger partial charge in [0.15, 0.2) is 15.6 Å². The quantitative estimate of drug-likeness (QED) is 0.778. The Balaban J connectivity index is 1.70. The fourth-order valence-electron chi connectivity index (χ4n) is 2.81. The molecular formula is C18H19N3O4S. The lowest BCUT2D eigenvalue weighted by Crippen LogP contribution is -2.21. The number of carbonyl (C=O) groups is 2. The SMILES string of the molecule is CC(=O)c1cccc(NC(=O)c2cncc(NC3CCS(=O)(=O)C3)c2)c1. The average Bonchev–Trinajstić information content (AvgIpc) is 2.94. The third-order valence-corrected chi connectivity index (χ3v) is 5.90. The molecule has 0 radical (unpaired) electrons. The van der Waals surface area contributed by atoms with Crippen molar-refractivity contribution < 1.29 is 18.0 Å². The van der Waals surface area contributed by atoms with E-state index < -0.39 is 9.84 Å². The number of amides is 1. The number of aromatic nitrogens is 1. The van der Waals surface area contributed by atoms with Crippen molar-refractivity contribution in [2.45, 2.75) is 19.4 Å². The summed E-state index contributed by atoms with van der Waals surface area (Å²) in [5, 5.41) is 5.85. The molecule has 136 valence electrons. The van der Waals surface area contributed by atoms with Gasteiger partial charge < -0.3 is 10.6 Å². The highest BCUT2D eigenvalue weighted by molar-refractivity contribution is 7.91. The molecule has 1 amide bonds. The Morgan fingerprint density at radius 2 is 1.88 bits per heavy atom. The molecule has 1 aromatic carbocycles. The minimum Gasteiger partial charge on any atom is -0.380 e. The number of carbonyl (C=O) groups excluding carboxylic acids is 2. The lowest BCUT2D eigenvalue weighted by Gasteiger charge is -2.13. The molecule has 0 saturated carbocycles. The van der Waals surface area contributed by atoms with Crippen LogP contribution in [0.1, 0.15) is 34.1 Å². The van der Waals surface area contributed by atoms with Crippen LogP contribution in [0.25, 0.3) is 0 Å². The number of benzene rings is 1. The molecule has 1 fully saturated rings. The normalized spacial score (nSPS) is 18.3. The second-order valence-corrected chi connectivity index (χ2v) is 8.53. The standard InChI is InChI=1S/C18H19N3O4S/c1-12(22)13-3-2-4-15(7-13)21-18(23)14-8-17(10-19-9-14)20-16-5-6-26(24,25)11-16/h2-4,7-10,16,20H,5-6,11H2,1H3,(H,21,23). The molecule has 1 aromatic heterocycles. The van der Waals surface area contributed by atoms with Gasteiger partial charge in [-0.25, -0.2) is 8.42 Å². The molecule has 1 atom stereocenters. The fraction of sp³-hybridized carbons (Fsp3) is 0.278. The van der Waals surface area contributed by atoms with Gasteiger partial charge in [0.25, 0.3) is 5.91 Å². The first-order valence-corrected chi connectivity index (χ1v) is 9.99. The molecule has 8 heteroatoms. The first-order valence-electron chi connectivity index (χ1n) is 8.17. The van der Waals surface area contributed by atoms with Gasteiger partial charge >= 0.3 is 0 Å². The number of ketones is 1. The van der Waals surface area contributed by atoms with E-state index in [0.29, 0.717) is 28.9 Å². The van der Waals surface area contributed by atoms with Gasteiger partial charge in [-0.15, -0.1) is 0 Å². The largest absolute Gasteiger partial charge is 0.380 e. The van der Waals surface area contributed by atoms with Crippen molar-refractivity contribution in [1.82, 2.24) is 4.98 Å². The zero-order valence-corrected chi connectivity index (χ0v) is 15.0. The molecule has 1 aliphatic heterocycles. The third kappa shape index (κ3) is 4.45. The molecule has 2 N–H and O–H groups in total. The molecular weight excluding hydrogens is 354 g/mol. The summed E-state index contributed by atoms with van der Waals surface area (Å²) in [7, 11) is -2.98. The van der Waals surface area contributed by atoms with Crippen LogP contribution in [-0.4, -0.2) is 42.6 Å². The second kappa shape index (κ2) is 7.25. The number of hydrogen-bond donors (Lipinski definition) is 2. The molecule has 1 aliphatic rings. The molecule has 26 heavy (non-hydrogen) atoms. The highest BCUT2D eigenvalue weighted by Gasteiger charge is 2.27. The lowest BCUT2D eigenvalue weighted by molar-refractivity contribution is 0.101. The zero-order chi connectivity index (χ0) is 18.7. The average molecular weight is 373 g/mol. The van der Waals surface area contributed by atoms with E-state index in [1.807, 2.05) is 0 Å². The van der Waals surface area contributed by atoms with Crippen LogP contribution in [0.2, 0.25) is 0 Å². The number of rotatable bonds is 5. The van der Waals surface area contributed by atoms with E-state index in [2.05, 4.69) is 15.6 Å². The summed E-state index contributed by atoms with van der Waals surface area (Å²) in [6.07, 6.45) is 3.52. The van der Waals surface area contributed by atoms with E-state index >= 15 is 0 Å². The monoisotopic (exact) mass is 373 g/mol. The first kappa shape index (κ1) is 18.1. The van der Waals surface area contributed by atoms with E-state index in [9.17, 15) is 18.0 Å². The topological polar surface area (TPSA) is 105 Å². The number of pyridine rings is 1. The van der Waals surface area contributed by atoms with Crippen molar-refractivity contribution >= 4 is 32.9 Å². The zero-order valence-electron chi connectivity index (χ0n) is 14.2. The van der Waals surface area contributed by atoms with Crippen LogP contribution in [-0.2, 0) is 9.84 Å². The molecule has 1 saturated heterocycles. The summed E-state index contributed by atoms with van der Waals surface area (Å²) < 4.78 is 23.1. The van der Waals surface area contributed by atoms with Gasteiger partial charge in [-0.2, -0.15) is 0 Å². The van der Waals surface area contributed by atoms with Gasteiger partial charge in [0, 0.05) is 29.7 Å². The number of anilines is 2. The summed E-state index contributed by atoms with van der Waals surface area (Å²) in [5.41, 5.74) is 1.96. The molecule has 0 spiro atoms. The number of nitrogens with zero attached hydrogens (tertiary/aromatic N) is 1. The van der Waals surface area contributed by atoms with Gasteiger partial charge in [-0.1, -0.05) is 12.1 Å². The van der Waals surface area contributed by atoms with Crippen molar-refractivity contribution in [2.24, 2.45) is 0 Å². The fourth-order valence-corrected chi connectivity index (χ4v) is 4.48. The summed E-state index contributed by atoms with van der Waals surface area (Å²) in [6, 6.07) is 8.14. The maximum absolute atomic E-state index is 12.4. The molecule has 0 aliphatic carbocycles. The van der Waals surface area contributed by atoms with Crippen LogP contribution < -0.4 is 10.6 Å². The second-order valence-electron chi connectivity index (χ2n) is 6.30. The van der Waals surface area contributed by atoms with Crippen LogP contribution in [0, 0.1) is 0 Å². The minimum atomic E-state index is -2.98. The van der Waals surface area contributed by atoms with E-state index in [4.69, 9.17) is 0 Å². The number of Topliss-reactive ketones (excluding diaryl/α,β-unsaturated/α-hetero) is 1. The Labute approximate surface area is 151 Å². The Bertz CT molecular complexity index is 956. The van der Waals surface area contributed by atoms with Crippen molar-refractivity contribution in [3.63, 3.8) is 0 Å². The Kier molecular flexibility index (Phi) is 5.03. The van der Waals surface area contributed by atoms with E-state index in [1.54, 1.807) is 36.5 Å². The third-order valence-electron chi connectivity index (χ3n) is 4.13. The predicted octanol–water partition coefficient (Wildman–Crippen LogP) is 2.14. The van der Waals surface area contributed by atoms with Crippen molar-refractivity contribution in [3.05, 3.63) is 53.9 Å². The van der Waals surface area contributed by atoms with Gasteiger partial charge in [0.2, 0.25) is 0 Å². The van der Waals surface area contributed by atoms with Crippen LogP contribution >= 0.6 is 0 Å². The van der Waals surface area contributed by atoms with Crippen LogP contribution in [0.4, 0.5) is 11.4 Å². The van der Waals surface area contributed by atoms with Gasteiger partial charge in [0.1, 0.15) is 0 Å². The molecule has 7 nitrogen and oxygen atoms in total. The van der Waals surface area contributed by atoms with E-state index in [0.717, 1.165) is 0 Å². The van der Waals surface area contributed by atoms with Crippen LogP contribution in [0.5, 0.6) is 0 Å².